The van der Waals surface area contributed by atoms with Crippen molar-refractivity contribution in [1.29, 1.82) is 0 Å². The van der Waals surface area contributed by atoms with Crippen LogP contribution in [-0.4, -0.2) is 9.97 Å². The fraction of sp³-hybridized carbons (Fsp3) is 0.143. The third-order valence-corrected chi connectivity index (χ3v) is 1.83. The van der Waals surface area contributed by atoms with Gasteiger partial charge in [0, 0.05) is 35.1 Å². The van der Waals surface area contributed by atoms with E-state index in [0.29, 0.717) is 12.4 Å². The number of fused-ring (bicyclic) bond motifs is 1. The van der Waals surface area contributed by atoms with Crippen LogP contribution >= 0.6 is 22.9 Å². The summed E-state index contributed by atoms with van der Waals surface area (Å²) in [6.45, 7) is 0.634. The van der Waals surface area contributed by atoms with Crippen LogP contribution in [0.1, 0.15) is 5.89 Å². The fourth-order valence-corrected chi connectivity index (χ4v) is 1.29. The SMILES string of the molecule is INCc1nc2cnccc2o1. The molecular weight excluding hydrogens is 269 g/mol. The summed E-state index contributed by atoms with van der Waals surface area (Å²) in [4.78, 5) is 8.15. The fourth-order valence-electron chi connectivity index (χ4n) is 0.960. The van der Waals surface area contributed by atoms with Gasteiger partial charge in [-0.1, -0.05) is 0 Å². The van der Waals surface area contributed by atoms with Gasteiger partial charge in [0.15, 0.2) is 5.58 Å². The molecule has 2 heterocycles. The van der Waals surface area contributed by atoms with Crippen molar-refractivity contribution in [3.8, 4) is 0 Å². The first-order valence-electron chi connectivity index (χ1n) is 3.43. The van der Waals surface area contributed by atoms with E-state index in [-0.39, 0.29) is 0 Å². The zero-order valence-electron chi connectivity index (χ0n) is 6.12. The van der Waals surface area contributed by atoms with Crippen molar-refractivity contribution < 1.29 is 4.42 Å². The highest BCUT2D eigenvalue weighted by Gasteiger charge is 2.02. The second-order valence-electron chi connectivity index (χ2n) is 2.26. The van der Waals surface area contributed by atoms with Crippen molar-refractivity contribution in [3.63, 3.8) is 0 Å². The lowest BCUT2D eigenvalue weighted by Crippen LogP contribution is -1.96. The van der Waals surface area contributed by atoms with E-state index in [4.69, 9.17) is 4.42 Å². The van der Waals surface area contributed by atoms with E-state index in [1.54, 1.807) is 18.5 Å². The Labute approximate surface area is 82.9 Å². The molecule has 62 valence electrons. The number of halogens is 1. The Kier molecular flexibility index (Phi) is 2.22. The quantitative estimate of drug-likeness (QED) is 0.669. The van der Waals surface area contributed by atoms with Gasteiger partial charge in [-0.25, -0.2) is 4.98 Å². The Bertz CT molecular complexity index is 354. The highest BCUT2D eigenvalue weighted by atomic mass is 127. The molecule has 1 N–H and O–H groups in total. The number of nitrogens with one attached hydrogen (secondary N) is 1. The average molecular weight is 275 g/mol. The van der Waals surface area contributed by atoms with Crippen LogP contribution in [0.5, 0.6) is 0 Å². The number of oxazole rings is 1. The Balaban J connectivity index is 2.47. The smallest absolute Gasteiger partial charge is 0.210 e. The number of hydrogen-bond acceptors (Lipinski definition) is 4. The van der Waals surface area contributed by atoms with Gasteiger partial charge in [0.25, 0.3) is 0 Å². The zero-order valence-corrected chi connectivity index (χ0v) is 8.28. The van der Waals surface area contributed by atoms with Gasteiger partial charge in [0.1, 0.15) is 5.52 Å². The standard InChI is InChI=1S/C7H6IN3O/c8-10-4-7-11-5-3-9-2-1-6(5)12-7/h1-3,10H,4H2. The van der Waals surface area contributed by atoms with Crippen LogP contribution in [0.3, 0.4) is 0 Å². The molecule has 0 spiro atoms. The number of hydrogen-bond donors (Lipinski definition) is 1. The van der Waals surface area contributed by atoms with Gasteiger partial charge in [-0.2, -0.15) is 0 Å². The largest absolute Gasteiger partial charge is 0.439 e. The minimum Gasteiger partial charge on any atom is -0.439 e. The van der Waals surface area contributed by atoms with Crippen LogP contribution in [0.25, 0.3) is 11.1 Å². The summed E-state index contributed by atoms with van der Waals surface area (Å²) < 4.78 is 8.33. The number of nitrogens with zero attached hydrogens (tertiary/aromatic N) is 2. The molecular formula is C7H6IN3O. The third-order valence-electron chi connectivity index (χ3n) is 1.45. The maximum absolute atomic E-state index is 5.39. The van der Waals surface area contributed by atoms with Crippen LogP contribution in [0.15, 0.2) is 22.9 Å². The molecule has 5 heteroatoms. The Morgan fingerprint density at radius 3 is 3.25 bits per heavy atom. The summed E-state index contributed by atoms with van der Waals surface area (Å²) in [7, 11) is 0. The molecule has 0 saturated heterocycles. The molecule has 0 amide bonds. The highest BCUT2D eigenvalue weighted by Crippen LogP contribution is 2.12. The molecule has 0 unspecified atom stereocenters. The lowest BCUT2D eigenvalue weighted by molar-refractivity contribution is 0.528. The van der Waals surface area contributed by atoms with Crippen molar-refractivity contribution in [2.45, 2.75) is 6.54 Å². The van der Waals surface area contributed by atoms with Crippen molar-refractivity contribution in [1.82, 2.24) is 13.5 Å². The van der Waals surface area contributed by atoms with E-state index < -0.39 is 0 Å². The van der Waals surface area contributed by atoms with Gasteiger partial charge in [-0.15, -0.1) is 0 Å². The Morgan fingerprint density at radius 1 is 1.58 bits per heavy atom. The second-order valence-corrected chi connectivity index (χ2v) is 3.02. The van der Waals surface area contributed by atoms with Gasteiger partial charge in [0.05, 0.1) is 12.7 Å². The molecule has 2 aromatic heterocycles. The molecule has 12 heavy (non-hydrogen) atoms. The highest BCUT2D eigenvalue weighted by molar-refractivity contribution is 14.1. The average Bonchev–Trinajstić information content (AvgIpc) is 2.47. The lowest BCUT2D eigenvalue weighted by atomic mass is 10.4. The third kappa shape index (κ3) is 1.42. The topological polar surface area (TPSA) is 51.0 Å². The normalized spacial score (nSPS) is 10.8. The second kappa shape index (κ2) is 3.36. The monoisotopic (exact) mass is 275 g/mol. The first-order valence-corrected chi connectivity index (χ1v) is 4.51. The van der Waals surface area contributed by atoms with E-state index >= 15 is 0 Å². The van der Waals surface area contributed by atoms with Gasteiger partial charge in [0.2, 0.25) is 5.89 Å². The van der Waals surface area contributed by atoms with Gasteiger partial charge in [-0.05, 0) is 0 Å². The first kappa shape index (κ1) is 7.93. The molecule has 2 aromatic rings. The zero-order chi connectivity index (χ0) is 8.39. The van der Waals surface area contributed by atoms with Crippen LogP contribution in [0, 0.1) is 0 Å². The molecule has 0 aliphatic carbocycles. The summed E-state index contributed by atoms with van der Waals surface area (Å²) in [5, 5.41) is 0. The van der Waals surface area contributed by atoms with Crippen molar-refractivity contribution in [3.05, 3.63) is 24.4 Å². The maximum Gasteiger partial charge on any atom is 0.210 e. The molecule has 0 atom stereocenters. The molecule has 4 nitrogen and oxygen atoms in total. The summed E-state index contributed by atoms with van der Waals surface area (Å²) >= 11 is 2.05. The van der Waals surface area contributed by atoms with Crippen molar-refractivity contribution in [2.24, 2.45) is 0 Å². The molecule has 0 aromatic carbocycles. The predicted molar refractivity (Wildman–Crippen MR) is 52.7 cm³/mol. The molecule has 0 saturated carbocycles. The van der Waals surface area contributed by atoms with Crippen LogP contribution in [0.2, 0.25) is 0 Å². The molecule has 0 radical (unpaired) electrons. The van der Waals surface area contributed by atoms with E-state index in [2.05, 4.69) is 36.4 Å². The van der Waals surface area contributed by atoms with Gasteiger partial charge in [-0.3, -0.25) is 8.51 Å². The lowest BCUT2D eigenvalue weighted by Gasteiger charge is -1.86. The first-order chi connectivity index (χ1) is 5.90. The van der Waals surface area contributed by atoms with Crippen LogP contribution < -0.4 is 3.53 Å². The number of pyridine rings is 1. The molecule has 2 rings (SSSR count). The molecule has 0 bridgehead atoms. The minimum atomic E-state index is 0.634. The summed E-state index contributed by atoms with van der Waals surface area (Å²) in [5.41, 5.74) is 1.59. The predicted octanol–water partition coefficient (Wildman–Crippen LogP) is 1.66. The Morgan fingerprint density at radius 2 is 2.50 bits per heavy atom. The maximum atomic E-state index is 5.39. The summed E-state index contributed by atoms with van der Waals surface area (Å²) in [6.07, 6.45) is 3.38. The molecule has 0 aliphatic rings. The van der Waals surface area contributed by atoms with E-state index in [0.717, 1.165) is 11.1 Å². The molecule has 0 aliphatic heterocycles. The number of aromatic nitrogens is 2. The van der Waals surface area contributed by atoms with E-state index in [1.807, 2.05) is 0 Å². The van der Waals surface area contributed by atoms with Crippen molar-refractivity contribution in [2.75, 3.05) is 0 Å². The Hall–Kier alpha value is -0.690. The van der Waals surface area contributed by atoms with Gasteiger partial charge < -0.3 is 4.42 Å². The van der Waals surface area contributed by atoms with E-state index in [1.165, 1.54) is 0 Å². The van der Waals surface area contributed by atoms with Crippen LogP contribution in [0.4, 0.5) is 0 Å². The van der Waals surface area contributed by atoms with Crippen LogP contribution in [-0.2, 0) is 6.54 Å². The summed E-state index contributed by atoms with van der Waals surface area (Å²) in [6, 6.07) is 1.80. The van der Waals surface area contributed by atoms with E-state index in [9.17, 15) is 0 Å². The summed E-state index contributed by atoms with van der Waals surface area (Å²) in [5.74, 6) is 0.687. The van der Waals surface area contributed by atoms with Crippen molar-refractivity contribution >= 4 is 34.0 Å². The number of rotatable bonds is 2. The minimum absolute atomic E-state index is 0.634. The molecule has 0 fully saturated rings. The van der Waals surface area contributed by atoms with Gasteiger partial charge >= 0.3 is 0 Å².